The van der Waals surface area contributed by atoms with Gasteiger partial charge >= 0.3 is 0 Å². The minimum Gasteiger partial charge on any atom is -0.506 e. The standard InChI is InChI=1S/C18H21NO/c1-2-3-4-7-13-19-16-11-6-5-9-14(16)15-10-8-12-17(20)18(15)19/h5-6,8-12,20H,2-4,7,13H2,1H3. The first-order valence-electron chi connectivity index (χ1n) is 7.52. The van der Waals surface area contributed by atoms with Crippen molar-refractivity contribution in [3.05, 3.63) is 42.5 Å². The van der Waals surface area contributed by atoms with Gasteiger partial charge in [-0.2, -0.15) is 0 Å². The molecule has 0 saturated heterocycles. The second kappa shape index (κ2) is 5.58. The number of phenols is 1. The minimum absolute atomic E-state index is 0.384. The molecule has 0 atom stereocenters. The molecule has 1 heterocycles. The SMILES string of the molecule is CCCCCCn1c2ccccc2c2cccc(O)c21. The molecule has 0 radical (unpaired) electrons. The van der Waals surface area contributed by atoms with Crippen LogP contribution in [0.1, 0.15) is 32.6 Å². The van der Waals surface area contributed by atoms with Crippen LogP contribution in [0, 0.1) is 0 Å². The van der Waals surface area contributed by atoms with Gasteiger partial charge in [0.1, 0.15) is 5.75 Å². The monoisotopic (exact) mass is 267 g/mol. The molecule has 0 spiro atoms. The summed E-state index contributed by atoms with van der Waals surface area (Å²) in [7, 11) is 0. The molecule has 0 fully saturated rings. The summed E-state index contributed by atoms with van der Waals surface area (Å²) in [4.78, 5) is 0. The molecule has 0 aliphatic heterocycles. The van der Waals surface area contributed by atoms with Crippen molar-refractivity contribution in [1.29, 1.82) is 0 Å². The summed E-state index contributed by atoms with van der Waals surface area (Å²) in [5, 5.41) is 12.6. The number of phenolic OH excluding ortho intramolecular Hbond substituents is 1. The van der Waals surface area contributed by atoms with Crippen LogP contribution in [-0.4, -0.2) is 9.67 Å². The molecule has 1 N–H and O–H groups in total. The number of unbranched alkanes of at least 4 members (excludes halogenated alkanes) is 3. The lowest BCUT2D eigenvalue weighted by molar-refractivity contribution is 0.477. The fraction of sp³-hybridized carbons (Fsp3) is 0.333. The van der Waals surface area contributed by atoms with E-state index in [1.165, 1.54) is 30.2 Å². The number of aromatic nitrogens is 1. The summed E-state index contributed by atoms with van der Waals surface area (Å²) in [6.45, 7) is 3.20. The number of hydrogen-bond donors (Lipinski definition) is 1. The van der Waals surface area contributed by atoms with Gasteiger partial charge in [-0.15, -0.1) is 0 Å². The highest BCUT2D eigenvalue weighted by molar-refractivity contribution is 6.09. The van der Waals surface area contributed by atoms with E-state index in [2.05, 4.69) is 41.8 Å². The summed E-state index contributed by atoms with van der Waals surface area (Å²) in [5.74, 6) is 0.384. The Kier molecular flexibility index (Phi) is 3.64. The topological polar surface area (TPSA) is 25.2 Å². The molecule has 104 valence electrons. The molecule has 1 aromatic heterocycles. The van der Waals surface area contributed by atoms with Crippen molar-refractivity contribution in [2.75, 3.05) is 0 Å². The second-order valence-electron chi connectivity index (χ2n) is 5.40. The van der Waals surface area contributed by atoms with Crippen LogP contribution in [0.15, 0.2) is 42.5 Å². The predicted octanol–water partition coefficient (Wildman–Crippen LogP) is 5.08. The van der Waals surface area contributed by atoms with Crippen molar-refractivity contribution < 1.29 is 5.11 Å². The van der Waals surface area contributed by atoms with E-state index in [0.717, 1.165) is 23.9 Å². The molecule has 0 saturated carbocycles. The fourth-order valence-electron chi connectivity index (χ4n) is 3.02. The largest absolute Gasteiger partial charge is 0.506 e. The van der Waals surface area contributed by atoms with Crippen LogP contribution in [-0.2, 0) is 6.54 Å². The molecular weight excluding hydrogens is 246 g/mol. The van der Waals surface area contributed by atoms with Crippen LogP contribution < -0.4 is 0 Å². The number of aromatic hydroxyl groups is 1. The molecule has 0 aliphatic rings. The van der Waals surface area contributed by atoms with E-state index < -0.39 is 0 Å². The quantitative estimate of drug-likeness (QED) is 0.641. The van der Waals surface area contributed by atoms with Crippen molar-refractivity contribution in [2.45, 2.75) is 39.2 Å². The van der Waals surface area contributed by atoms with Gasteiger partial charge in [-0.3, -0.25) is 0 Å². The summed E-state index contributed by atoms with van der Waals surface area (Å²) >= 11 is 0. The number of para-hydroxylation sites is 2. The van der Waals surface area contributed by atoms with Gasteiger partial charge in [0.05, 0.1) is 5.52 Å². The molecule has 0 unspecified atom stereocenters. The first-order chi connectivity index (χ1) is 9.83. The van der Waals surface area contributed by atoms with Crippen molar-refractivity contribution in [1.82, 2.24) is 4.57 Å². The number of rotatable bonds is 5. The second-order valence-corrected chi connectivity index (χ2v) is 5.40. The van der Waals surface area contributed by atoms with Crippen molar-refractivity contribution in [3.8, 4) is 5.75 Å². The van der Waals surface area contributed by atoms with Gasteiger partial charge in [0.15, 0.2) is 0 Å². The van der Waals surface area contributed by atoms with E-state index in [4.69, 9.17) is 0 Å². The van der Waals surface area contributed by atoms with E-state index in [1.807, 2.05) is 6.07 Å². The highest BCUT2D eigenvalue weighted by Gasteiger charge is 2.12. The van der Waals surface area contributed by atoms with Crippen LogP contribution in [0.4, 0.5) is 0 Å². The van der Waals surface area contributed by atoms with Gasteiger partial charge in [-0.25, -0.2) is 0 Å². The van der Waals surface area contributed by atoms with E-state index >= 15 is 0 Å². The Labute approximate surface area is 119 Å². The van der Waals surface area contributed by atoms with E-state index in [1.54, 1.807) is 6.07 Å². The number of aryl methyl sites for hydroxylation is 1. The lowest BCUT2D eigenvalue weighted by Crippen LogP contribution is -1.97. The molecule has 3 rings (SSSR count). The van der Waals surface area contributed by atoms with Gasteiger partial charge < -0.3 is 9.67 Å². The third kappa shape index (κ3) is 2.15. The van der Waals surface area contributed by atoms with Crippen LogP contribution in [0.3, 0.4) is 0 Å². The maximum Gasteiger partial charge on any atom is 0.139 e. The molecule has 2 nitrogen and oxygen atoms in total. The summed E-state index contributed by atoms with van der Waals surface area (Å²) in [6.07, 6.45) is 4.94. The molecule has 0 aliphatic carbocycles. The molecule has 2 aromatic carbocycles. The number of hydrogen-bond acceptors (Lipinski definition) is 1. The van der Waals surface area contributed by atoms with Crippen LogP contribution >= 0.6 is 0 Å². The average molecular weight is 267 g/mol. The maximum atomic E-state index is 10.2. The molecular formula is C18H21NO. The summed E-state index contributed by atoms with van der Waals surface area (Å²) in [5.41, 5.74) is 2.20. The lowest BCUT2D eigenvalue weighted by atomic mass is 10.1. The zero-order valence-corrected chi connectivity index (χ0v) is 12.0. The zero-order valence-electron chi connectivity index (χ0n) is 12.0. The van der Waals surface area contributed by atoms with Gasteiger partial charge in [0.25, 0.3) is 0 Å². The first-order valence-corrected chi connectivity index (χ1v) is 7.52. The Morgan fingerprint density at radius 3 is 2.55 bits per heavy atom. The van der Waals surface area contributed by atoms with Crippen LogP contribution in [0.25, 0.3) is 21.8 Å². The van der Waals surface area contributed by atoms with E-state index in [0.29, 0.717) is 5.75 Å². The van der Waals surface area contributed by atoms with Crippen molar-refractivity contribution in [3.63, 3.8) is 0 Å². The zero-order chi connectivity index (χ0) is 13.9. The Morgan fingerprint density at radius 1 is 0.900 bits per heavy atom. The fourth-order valence-corrected chi connectivity index (χ4v) is 3.02. The number of benzene rings is 2. The van der Waals surface area contributed by atoms with Gasteiger partial charge in [-0.1, -0.05) is 56.5 Å². The third-order valence-corrected chi connectivity index (χ3v) is 4.00. The summed E-state index contributed by atoms with van der Waals surface area (Å²) in [6, 6.07) is 14.2. The van der Waals surface area contributed by atoms with Gasteiger partial charge in [0.2, 0.25) is 0 Å². The highest BCUT2D eigenvalue weighted by atomic mass is 16.3. The Bertz CT molecular complexity index is 727. The number of nitrogens with zero attached hydrogens (tertiary/aromatic N) is 1. The highest BCUT2D eigenvalue weighted by Crippen LogP contribution is 2.34. The molecule has 2 heteroatoms. The molecule has 20 heavy (non-hydrogen) atoms. The summed E-state index contributed by atoms with van der Waals surface area (Å²) < 4.78 is 2.27. The van der Waals surface area contributed by atoms with Gasteiger partial charge in [-0.05, 0) is 18.6 Å². The van der Waals surface area contributed by atoms with E-state index in [9.17, 15) is 5.11 Å². The van der Waals surface area contributed by atoms with Crippen LogP contribution in [0.5, 0.6) is 5.75 Å². The maximum absolute atomic E-state index is 10.2. The first kappa shape index (κ1) is 13.0. The smallest absolute Gasteiger partial charge is 0.139 e. The molecule has 0 bridgehead atoms. The minimum atomic E-state index is 0.384. The average Bonchev–Trinajstić information content (AvgIpc) is 2.80. The predicted molar refractivity (Wildman–Crippen MR) is 85.3 cm³/mol. The van der Waals surface area contributed by atoms with Crippen LogP contribution in [0.2, 0.25) is 0 Å². The lowest BCUT2D eigenvalue weighted by Gasteiger charge is -2.08. The molecule has 3 aromatic rings. The van der Waals surface area contributed by atoms with Crippen molar-refractivity contribution in [2.24, 2.45) is 0 Å². The Balaban J connectivity index is 2.11. The number of fused-ring (bicyclic) bond motifs is 3. The van der Waals surface area contributed by atoms with Gasteiger partial charge in [0, 0.05) is 22.8 Å². The third-order valence-electron chi connectivity index (χ3n) is 4.00. The molecule has 0 amide bonds. The van der Waals surface area contributed by atoms with E-state index in [-0.39, 0.29) is 0 Å². The van der Waals surface area contributed by atoms with Crippen molar-refractivity contribution >= 4 is 21.8 Å². The Morgan fingerprint density at radius 2 is 1.70 bits per heavy atom. The Hall–Kier alpha value is -1.96. The normalized spacial score (nSPS) is 11.4.